The summed E-state index contributed by atoms with van der Waals surface area (Å²) in [4.78, 5) is 4.54. The molecule has 0 aliphatic rings. The van der Waals surface area contributed by atoms with E-state index in [9.17, 15) is 4.39 Å². The van der Waals surface area contributed by atoms with Gasteiger partial charge >= 0.3 is 0 Å². The fourth-order valence-electron chi connectivity index (χ4n) is 2.25. The van der Waals surface area contributed by atoms with Crippen molar-refractivity contribution in [2.24, 2.45) is 0 Å². The van der Waals surface area contributed by atoms with Crippen molar-refractivity contribution in [3.63, 3.8) is 0 Å². The predicted molar refractivity (Wildman–Crippen MR) is 88.0 cm³/mol. The van der Waals surface area contributed by atoms with Gasteiger partial charge in [0.2, 0.25) is 0 Å². The topological polar surface area (TPSA) is 17.8 Å². The summed E-state index contributed by atoms with van der Waals surface area (Å²) in [6, 6.07) is 9.92. The van der Waals surface area contributed by atoms with Crippen LogP contribution in [-0.4, -0.2) is 9.55 Å². The van der Waals surface area contributed by atoms with Crippen LogP contribution in [0.3, 0.4) is 0 Å². The SMILES string of the molecule is CC(Cl)c1nc2cc(Br)ccc2n1-c1cc(F)ccc1Cl. The molecule has 2 aromatic carbocycles. The maximum atomic E-state index is 13.6. The lowest BCUT2D eigenvalue weighted by Crippen LogP contribution is -2.03. The van der Waals surface area contributed by atoms with E-state index in [-0.39, 0.29) is 11.2 Å². The van der Waals surface area contributed by atoms with E-state index < -0.39 is 0 Å². The molecule has 3 aromatic rings. The number of benzene rings is 2. The van der Waals surface area contributed by atoms with Crippen LogP contribution in [0.2, 0.25) is 5.02 Å². The summed E-state index contributed by atoms with van der Waals surface area (Å²) in [5.74, 6) is 0.263. The zero-order chi connectivity index (χ0) is 15.1. The summed E-state index contributed by atoms with van der Waals surface area (Å²) in [5, 5.41) is 0.104. The zero-order valence-electron chi connectivity index (χ0n) is 10.9. The van der Waals surface area contributed by atoms with Crippen LogP contribution >= 0.6 is 39.1 Å². The summed E-state index contributed by atoms with van der Waals surface area (Å²) >= 11 is 15.9. The monoisotopic (exact) mass is 386 g/mol. The van der Waals surface area contributed by atoms with Crippen LogP contribution in [0.25, 0.3) is 16.7 Å². The Balaban J connectivity index is 2.39. The number of aromatic nitrogens is 2. The van der Waals surface area contributed by atoms with Crippen LogP contribution < -0.4 is 0 Å². The van der Waals surface area contributed by atoms with Gasteiger partial charge in [-0.3, -0.25) is 4.57 Å². The molecule has 6 heteroatoms. The maximum Gasteiger partial charge on any atom is 0.132 e. The highest BCUT2D eigenvalue weighted by atomic mass is 79.9. The molecule has 21 heavy (non-hydrogen) atoms. The van der Waals surface area contributed by atoms with Crippen LogP contribution in [0.15, 0.2) is 40.9 Å². The molecule has 0 saturated heterocycles. The molecule has 0 saturated carbocycles. The molecule has 0 fully saturated rings. The third kappa shape index (κ3) is 2.68. The zero-order valence-corrected chi connectivity index (χ0v) is 14.0. The van der Waals surface area contributed by atoms with E-state index in [1.807, 2.05) is 25.1 Å². The first-order chi connectivity index (χ1) is 9.97. The normalized spacial score (nSPS) is 12.8. The Bertz CT molecular complexity index is 830. The minimum absolute atomic E-state index is 0.337. The number of hydrogen-bond acceptors (Lipinski definition) is 1. The van der Waals surface area contributed by atoms with Gasteiger partial charge in [0.1, 0.15) is 11.6 Å². The van der Waals surface area contributed by atoms with E-state index in [0.717, 1.165) is 15.5 Å². The highest BCUT2D eigenvalue weighted by molar-refractivity contribution is 9.10. The minimum Gasteiger partial charge on any atom is -0.293 e. The van der Waals surface area contributed by atoms with E-state index in [4.69, 9.17) is 23.2 Å². The van der Waals surface area contributed by atoms with Gasteiger partial charge in [-0.15, -0.1) is 11.6 Å². The number of halogens is 4. The lowest BCUT2D eigenvalue weighted by Gasteiger charge is -2.12. The highest BCUT2D eigenvalue weighted by Crippen LogP contribution is 2.32. The Morgan fingerprint density at radius 3 is 2.71 bits per heavy atom. The summed E-state index contributed by atoms with van der Waals surface area (Å²) in [5.41, 5.74) is 2.13. The fourth-order valence-corrected chi connectivity index (χ4v) is 2.95. The molecule has 1 aromatic heterocycles. The Morgan fingerprint density at radius 1 is 1.24 bits per heavy atom. The van der Waals surface area contributed by atoms with Gasteiger partial charge in [-0.1, -0.05) is 27.5 Å². The molecule has 1 unspecified atom stereocenters. The molecule has 0 N–H and O–H groups in total. The third-order valence-electron chi connectivity index (χ3n) is 3.15. The smallest absolute Gasteiger partial charge is 0.132 e. The quantitative estimate of drug-likeness (QED) is 0.502. The fraction of sp³-hybridized carbons (Fsp3) is 0.133. The number of nitrogens with zero attached hydrogens (tertiary/aromatic N) is 2. The van der Waals surface area contributed by atoms with Crippen molar-refractivity contribution in [1.82, 2.24) is 9.55 Å². The van der Waals surface area contributed by atoms with Gasteiger partial charge in [0.15, 0.2) is 0 Å². The van der Waals surface area contributed by atoms with Crippen molar-refractivity contribution in [3.05, 3.63) is 57.5 Å². The van der Waals surface area contributed by atoms with Crippen molar-refractivity contribution < 1.29 is 4.39 Å². The van der Waals surface area contributed by atoms with E-state index in [0.29, 0.717) is 16.5 Å². The van der Waals surface area contributed by atoms with Gasteiger partial charge in [0.05, 0.1) is 27.1 Å². The van der Waals surface area contributed by atoms with Gasteiger partial charge in [-0.25, -0.2) is 9.37 Å². The molecule has 0 spiro atoms. The second-order valence-corrected chi connectivity index (χ2v) is 6.63. The van der Waals surface area contributed by atoms with Gasteiger partial charge in [-0.05, 0) is 43.3 Å². The summed E-state index contributed by atoms with van der Waals surface area (Å²) in [6.45, 7) is 1.82. The van der Waals surface area contributed by atoms with Crippen molar-refractivity contribution in [1.29, 1.82) is 0 Å². The van der Waals surface area contributed by atoms with Crippen molar-refractivity contribution in [2.75, 3.05) is 0 Å². The molecule has 3 rings (SSSR count). The molecule has 108 valence electrons. The van der Waals surface area contributed by atoms with Crippen LogP contribution in [0.5, 0.6) is 0 Å². The highest BCUT2D eigenvalue weighted by Gasteiger charge is 2.18. The largest absolute Gasteiger partial charge is 0.293 e. The molecular formula is C15H10BrCl2FN2. The lowest BCUT2D eigenvalue weighted by molar-refractivity contribution is 0.626. The number of hydrogen-bond donors (Lipinski definition) is 0. The van der Waals surface area contributed by atoms with Gasteiger partial charge in [-0.2, -0.15) is 0 Å². The Morgan fingerprint density at radius 2 is 2.00 bits per heavy atom. The number of fused-ring (bicyclic) bond motifs is 1. The van der Waals surface area contributed by atoms with Gasteiger partial charge < -0.3 is 0 Å². The average molecular weight is 388 g/mol. The van der Waals surface area contributed by atoms with E-state index in [1.54, 1.807) is 4.57 Å². The number of alkyl halides is 1. The molecule has 0 bridgehead atoms. The number of rotatable bonds is 2. The van der Waals surface area contributed by atoms with Crippen molar-refractivity contribution >= 4 is 50.2 Å². The minimum atomic E-state index is -0.360. The first kappa shape index (κ1) is 14.8. The predicted octanol–water partition coefficient (Wildman–Crippen LogP) is 5.88. The first-order valence-electron chi connectivity index (χ1n) is 6.25. The van der Waals surface area contributed by atoms with Crippen molar-refractivity contribution in [2.45, 2.75) is 12.3 Å². The Labute approximate surface area is 139 Å². The second-order valence-electron chi connectivity index (χ2n) is 4.65. The Hall–Kier alpha value is -1.10. The second kappa shape index (κ2) is 5.59. The van der Waals surface area contributed by atoms with E-state index in [1.165, 1.54) is 18.2 Å². The molecule has 0 aliphatic carbocycles. The first-order valence-corrected chi connectivity index (χ1v) is 7.85. The summed E-state index contributed by atoms with van der Waals surface area (Å²) in [7, 11) is 0. The molecule has 2 nitrogen and oxygen atoms in total. The standard InChI is InChI=1S/C15H10BrCl2FN2/c1-8(17)15-20-12-6-9(16)2-5-13(12)21(15)14-7-10(19)3-4-11(14)18/h2-8H,1H3. The Kier molecular flexibility index (Phi) is 3.95. The molecule has 0 amide bonds. The van der Waals surface area contributed by atoms with Crippen LogP contribution in [0.4, 0.5) is 4.39 Å². The van der Waals surface area contributed by atoms with Crippen LogP contribution in [-0.2, 0) is 0 Å². The van der Waals surface area contributed by atoms with Crippen molar-refractivity contribution in [3.8, 4) is 5.69 Å². The maximum absolute atomic E-state index is 13.6. The third-order valence-corrected chi connectivity index (χ3v) is 4.16. The molecule has 0 radical (unpaired) electrons. The van der Waals surface area contributed by atoms with E-state index in [2.05, 4.69) is 20.9 Å². The molecular weight excluding hydrogens is 378 g/mol. The van der Waals surface area contributed by atoms with Gasteiger partial charge in [0.25, 0.3) is 0 Å². The molecule has 0 aliphatic heterocycles. The molecule has 1 heterocycles. The van der Waals surface area contributed by atoms with Crippen LogP contribution in [0, 0.1) is 5.82 Å². The lowest BCUT2D eigenvalue weighted by atomic mass is 10.2. The van der Waals surface area contributed by atoms with Crippen LogP contribution in [0.1, 0.15) is 18.1 Å². The summed E-state index contributed by atoms with van der Waals surface area (Å²) < 4.78 is 16.3. The average Bonchev–Trinajstić information content (AvgIpc) is 2.80. The van der Waals surface area contributed by atoms with Gasteiger partial charge in [0, 0.05) is 4.47 Å². The molecule has 1 atom stereocenters. The van der Waals surface area contributed by atoms with E-state index >= 15 is 0 Å². The number of imidazole rings is 1. The summed E-state index contributed by atoms with van der Waals surface area (Å²) in [6.07, 6.45) is 0.